The fourth-order valence-electron chi connectivity index (χ4n) is 4.39. The van der Waals surface area contributed by atoms with Gasteiger partial charge in [0.15, 0.2) is 5.78 Å². The second-order valence-electron chi connectivity index (χ2n) is 11.2. The maximum absolute atomic E-state index is 13.0. The number of aliphatic hydroxyl groups is 1. The maximum Gasteiger partial charge on any atom is 0 e. The molecule has 0 unspecified atom stereocenters. The van der Waals surface area contributed by atoms with E-state index < -0.39 is 42.5 Å². The molecule has 4 rings (SSSR count). The van der Waals surface area contributed by atoms with Crippen LogP contribution in [0.4, 0.5) is 26.3 Å². The quantitative estimate of drug-likeness (QED) is 0.0526. The first kappa shape index (κ1) is 37.7. The number of rotatable bonds is 6. The number of nitrogens with zero attached hydrogens (tertiary/aromatic N) is 1. The Morgan fingerprint density at radius 2 is 1.57 bits per heavy atom. The zero-order valence-electron chi connectivity index (χ0n) is 24.9. The number of ketones is 1. The summed E-state index contributed by atoms with van der Waals surface area (Å²) >= 11 is -2.26. The van der Waals surface area contributed by atoms with E-state index in [0.717, 1.165) is 52.4 Å². The Kier molecular flexibility index (Phi) is 12.7. The Labute approximate surface area is 276 Å². The van der Waals surface area contributed by atoms with Crippen molar-refractivity contribution in [2.24, 2.45) is 11.3 Å². The number of hydrogen-bond donors (Lipinski definition) is 1. The molecule has 0 aliphatic carbocycles. The monoisotopic (exact) mass is 911 g/mol. The third kappa shape index (κ3) is 9.53. The number of halogens is 6. The first-order chi connectivity index (χ1) is 19.8. The van der Waals surface area contributed by atoms with Gasteiger partial charge in [0.05, 0.1) is 5.76 Å². The van der Waals surface area contributed by atoms with Crippen molar-refractivity contribution < 1.29 is 56.3 Å². The van der Waals surface area contributed by atoms with Gasteiger partial charge < -0.3 is 5.11 Å². The Balaban J connectivity index is 0.000000345. The van der Waals surface area contributed by atoms with Crippen molar-refractivity contribution in [2.45, 2.75) is 58.4 Å². The van der Waals surface area contributed by atoms with Crippen molar-refractivity contribution in [1.29, 1.82) is 0 Å². The molecule has 1 heterocycles. The van der Waals surface area contributed by atoms with Crippen molar-refractivity contribution in [3.8, 4) is 11.3 Å². The van der Waals surface area contributed by atoms with Gasteiger partial charge in [0.2, 0.25) is 0 Å². The first-order valence-electron chi connectivity index (χ1n) is 13.4. The topological polar surface area (TPSA) is 50.2 Å². The molecule has 0 spiro atoms. The van der Waals surface area contributed by atoms with E-state index >= 15 is 0 Å². The molecular formula is C33H32F6IrNO2Te-. The summed E-state index contributed by atoms with van der Waals surface area (Å²) in [5.74, 6) is -1.35. The van der Waals surface area contributed by atoms with Gasteiger partial charge in [0.25, 0.3) is 0 Å². The molecule has 0 saturated carbocycles. The van der Waals surface area contributed by atoms with Crippen molar-refractivity contribution in [3.05, 3.63) is 83.8 Å². The molecule has 3 nitrogen and oxygen atoms in total. The van der Waals surface area contributed by atoms with Crippen LogP contribution >= 0.6 is 0 Å². The summed E-state index contributed by atoms with van der Waals surface area (Å²) in [6.45, 7) is 9.21. The minimum atomic E-state index is -4.61. The molecule has 0 bridgehead atoms. The van der Waals surface area contributed by atoms with E-state index in [9.17, 15) is 36.2 Å². The van der Waals surface area contributed by atoms with E-state index in [0.29, 0.717) is 15.1 Å². The van der Waals surface area contributed by atoms with E-state index in [4.69, 9.17) is 0 Å². The number of pyridine rings is 1. The van der Waals surface area contributed by atoms with Crippen molar-refractivity contribution in [2.75, 3.05) is 0 Å². The molecule has 0 fully saturated rings. The molecule has 44 heavy (non-hydrogen) atoms. The summed E-state index contributed by atoms with van der Waals surface area (Å²) in [7, 11) is 0. The molecule has 0 aliphatic rings. The third-order valence-electron chi connectivity index (χ3n) is 6.63. The molecular weight excluding hydrogens is 876 g/mol. The van der Waals surface area contributed by atoms with Crippen molar-refractivity contribution in [3.63, 3.8) is 0 Å². The molecule has 3 aromatic carbocycles. The molecule has 1 aromatic heterocycles. The fraction of sp³-hybridized carbons (Fsp3) is 0.333. The Hall–Kier alpha value is -2.44. The number of fused-ring (bicyclic) bond motifs is 3. The third-order valence-corrected chi connectivity index (χ3v) is 8.94. The van der Waals surface area contributed by atoms with Crippen LogP contribution in [0.1, 0.15) is 45.2 Å². The minimum Gasteiger partial charge on any atom is 0 e. The van der Waals surface area contributed by atoms with Crippen LogP contribution in [-0.2, 0) is 24.9 Å². The molecule has 1 radical (unpaired) electrons. The predicted molar refractivity (Wildman–Crippen MR) is 159 cm³/mol. The second kappa shape index (κ2) is 14.8. The van der Waals surface area contributed by atoms with Gasteiger partial charge in [0.1, 0.15) is 5.41 Å². The van der Waals surface area contributed by atoms with Crippen LogP contribution in [0.5, 0.6) is 0 Å². The Morgan fingerprint density at radius 1 is 0.955 bits per heavy atom. The number of carbonyl (C=O) groups excluding carboxylic acids is 1. The number of hydrogen-bond acceptors (Lipinski definition) is 3. The van der Waals surface area contributed by atoms with E-state index in [1.54, 1.807) is 38.2 Å². The van der Waals surface area contributed by atoms with Crippen LogP contribution < -0.4 is 3.61 Å². The van der Waals surface area contributed by atoms with Crippen molar-refractivity contribution >= 4 is 51.9 Å². The van der Waals surface area contributed by atoms with Gasteiger partial charge in [-0.3, -0.25) is 4.79 Å². The second-order valence-corrected chi connectivity index (χ2v) is 14.4. The normalized spacial score (nSPS) is 12.6. The van der Waals surface area contributed by atoms with Gasteiger partial charge in [-0.15, -0.1) is 0 Å². The van der Waals surface area contributed by atoms with Crippen LogP contribution in [0.3, 0.4) is 0 Å². The van der Waals surface area contributed by atoms with E-state index in [1.807, 2.05) is 38.1 Å². The minimum absolute atomic E-state index is 0. The van der Waals surface area contributed by atoms with E-state index in [-0.39, 0.29) is 38.2 Å². The maximum atomic E-state index is 13.0. The average molecular weight is 908 g/mol. The first-order valence-corrected chi connectivity index (χ1v) is 15.7. The molecule has 0 saturated heterocycles. The van der Waals surface area contributed by atoms with Crippen LogP contribution in [0.2, 0.25) is 0 Å². The Bertz CT molecular complexity index is 1640. The number of allylic oxidation sites excluding steroid dienone is 2. The zero-order valence-corrected chi connectivity index (χ0v) is 29.6. The molecule has 0 aliphatic heterocycles. The number of aryl methyl sites for hydroxylation is 2. The van der Waals surface area contributed by atoms with Gasteiger partial charge in [0, 0.05) is 32.6 Å². The summed E-state index contributed by atoms with van der Waals surface area (Å²) in [6, 6.07) is 18.2. The van der Waals surface area contributed by atoms with Gasteiger partial charge in [-0.25, -0.2) is 0 Å². The van der Waals surface area contributed by atoms with Gasteiger partial charge in [-0.1, -0.05) is 13.8 Å². The summed E-state index contributed by atoms with van der Waals surface area (Å²) < 4.78 is 72.7. The van der Waals surface area contributed by atoms with Crippen LogP contribution in [-0.4, -0.2) is 47.2 Å². The molecule has 11 heteroatoms. The molecule has 0 amide bonds. The smallest absolute Gasteiger partial charge is 0 e. The standard InChI is InChI=1S/C22H15F3NTe.C11H17F3O2.Ir/c1-13-10-14(2)12-15(11-13)21-19-7-6-18-16(17(19)8-9-26-21)4-3-5-20(18)27-22(23,24)25;1-7(2)5-8(15)6-9(16)10(3,4)11(12,13)14;/h3-11H,1-2H3;6-7,15H,5H2,1-4H3;/q-1;;/b;8-6-;. The molecule has 239 valence electrons. The summed E-state index contributed by atoms with van der Waals surface area (Å²) in [6.07, 6.45) is -2.03. The van der Waals surface area contributed by atoms with Crippen molar-refractivity contribution in [1.82, 2.24) is 4.98 Å². The molecule has 1 N–H and O–H groups in total. The number of aliphatic hydroxyl groups excluding tert-OH is 1. The van der Waals surface area contributed by atoms with Crippen LogP contribution in [0.25, 0.3) is 32.8 Å². The number of aromatic nitrogens is 1. The largest absolute Gasteiger partial charge is 0 e. The van der Waals surface area contributed by atoms with Gasteiger partial charge in [-0.05, 0) is 19.8 Å². The number of carbonyl (C=O) groups is 1. The summed E-state index contributed by atoms with van der Waals surface area (Å²) in [5.41, 5.74) is 1.40. The zero-order chi connectivity index (χ0) is 32.3. The fourth-order valence-corrected chi connectivity index (χ4v) is 6.35. The van der Waals surface area contributed by atoms with Crippen LogP contribution in [0, 0.1) is 31.2 Å². The Morgan fingerprint density at radius 3 is 2.14 bits per heavy atom. The molecule has 0 atom stereocenters. The van der Waals surface area contributed by atoms with Gasteiger partial charge >= 0.3 is 172 Å². The SMILES string of the molecule is CC(C)C/C(O)=C/C(=O)C(C)(C)C(F)(F)F.Cc1[c-]c(-c2nccc3c2ccc2c([Te]C(F)(F)F)cccc23)cc(C)c1.[Ir]. The van der Waals surface area contributed by atoms with Gasteiger partial charge in [-0.2, -0.15) is 13.2 Å². The predicted octanol–water partition coefficient (Wildman–Crippen LogP) is 8.95. The van der Waals surface area contributed by atoms with Crippen LogP contribution in [0.15, 0.2) is 66.6 Å². The summed E-state index contributed by atoms with van der Waals surface area (Å²) in [5, 5.41) is 12.7. The average Bonchev–Trinajstić information content (AvgIpc) is 2.86. The molecule has 4 aromatic rings. The number of benzene rings is 3. The van der Waals surface area contributed by atoms with E-state index in [1.165, 1.54) is 0 Å². The summed E-state index contributed by atoms with van der Waals surface area (Å²) in [4.78, 5) is 15.9. The van der Waals surface area contributed by atoms with E-state index in [2.05, 4.69) is 17.1 Å². The number of alkyl halides is 6.